The molecule has 0 amide bonds. The second-order valence-corrected chi connectivity index (χ2v) is 5.42. The summed E-state index contributed by atoms with van der Waals surface area (Å²) in [5, 5.41) is 0. The molecule has 3 nitrogen and oxygen atoms in total. The lowest BCUT2D eigenvalue weighted by Crippen LogP contribution is -2.24. The van der Waals surface area contributed by atoms with Crippen molar-refractivity contribution in [1.82, 2.24) is 4.98 Å². The molecule has 0 atom stereocenters. The quantitative estimate of drug-likeness (QED) is 0.724. The van der Waals surface area contributed by atoms with Crippen molar-refractivity contribution >= 4 is 5.97 Å². The van der Waals surface area contributed by atoms with E-state index in [-0.39, 0.29) is 24.0 Å². The average molecular weight is 255 g/mol. The number of pyridine rings is 1. The molecule has 0 fully saturated rings. The molecule has 0 bridgehead atoms. The maximum Gasteiger partial charge on any atom is 0.340 e. The number of aromatic nitrogens is 1. The summed E-state index contributed by atoms with van der Waals surface area (Å²) in [6.45, 7) is 5.17. The number of rotatable bonds is 1. The van der Waals surface area contributed by atoms with Crippen LogP contribution < -0.4 is 0 Å². The number of hydrogen-bond donors (Lipinski definition) is 0. The van der Waals surface area contributed by atoms with Crippen LogP contribution in [-0.4, -0.2) is 16.6 Å². The monoisotopic (exact) mass is 255 g/mol. The number of alkyl halides is 2. The molecule has 1 heterocycles. The lowest BCUT2D eigenvalue weighted by atomic mass is 10.1. The van der Waals surface area contributed by atoms with Crippen LogP contribution in [0.4, 0.5) is 8.78 Å². The number of hydrogen-bond acceptors (Lipinski definition) is 3. The molecular formula is C13H15F2NO2. The van der Waals surface area contributed by atoms with Gasteiger partial charge in [0.05, 0.1) is 5.56 Å². The molecule has 5 heteroatoms. The van der Waals surface area contributed by atoms with Gasteiger partial charge < -0.3 is 4.74 Å². The summed E-state index contributed by atoms with van der Waals surface area (Å²) in [7, 11) is 0. The van der Waals surface area contributed by atoms with E-state index in [1.807, 2.05) is 0 Å². The SMILES string of the molecule is CC(C)(C)OC(=O)c1cnc2c(c1)C(F)(F)CC2. The van der Waals surface area contributed by atoms with Gasteiger partial charge in [-0.1, -0.05) is 0 Å². The van der Waals surface area contributed by atoms with E-state index in [2.05, 4.69) is 4.98 Å². The van der Waals surface area contributed by atoms with Gasteiger partial charge in [0, 0.05) is 23.9 Å². The van der Waals surface area contributed by atoms with Crippen molar-refractivity contribution in [3.05, 3.63) is 29.1 Å². The Kier molecular flexibility index (Phi) is 2.87. The number of ether oxygens (including phenoxy) is 1. The summed E-state index contributed by atoms with van der Waals surface area (Å²) in [5.41, 5.74) is -0.359. The second kappa shape index (κ2) is 4.00. The van der Waals surface area contributed by atoms with Crippen LogP contribution >= 0.6 is 0 Å². The minimum atomic E-state index is -2.89. The number of nitrogens with zero attached hydrogens (tertiary/aromatic N) is 1. The summed E-state index contributed by atoms with van der Waals surface area (Å²) < 4.78 is 32.2. The van der Waals surface area contributed by atoms with Crippen molar-refractivity contribution in [3.63, 3.8) is 0 Å². The van der Waals surface area contributed by atoms with Crippen molar-refractivity contribution in [2.75, 3.05) is 0 Å². The van der Waals surface area contributed by atoms with Gasteiger partial charge >= 0.3 is 5.97 Å². The molecular weight excluding hydrogens is 240 g/mol. The Balaban J connectivity index is 2.30. The van der Waals surface area contributed by atoms with Gasteiger partial charge in [0.2, 0.25) is 0 Å². The third-order valence-corrected chi connectivity index (χ3v) is 2.67. The van der Waals surface area contributed by atoms with Gasteiger partial charge in [-0.15, -0.1) is 0 Å². The normalized spacial score (nSPS) is 17.4. The first-order valence-corrected chi connectivity index (χ1v) is 5.80. The van der Waals surface area contributed by atoms with Gasteiger partial charge in [-0.2, -0.15) is 0 Å². The molecule has 0 saturated heterocycles. The Bertz CT molecular complexity index is 492. The first kappa shape index (κ1) is 12.9. The third kappa shape index (κ3) is 2.49. The highest BCUT2D eigenvalue weighted by Gasteiger charge is 2.40. The van der Waals surface area contributed by atoms with Crippen LogP contribution in [-0.2, 0) is 17.1 Å². The second-order valence-electron chi connectivity index (χ2n) is 5.42. The zero-order chi connectivity index (χ0) is 13.6. The molecule has 0 spiro atoms. The zero-order valence-corrected chi connectivity index (χ0v) is 10.6. The summed E-state index contributed by atoms with van der Waals surface area (Å²) in [6, 6.07) is 1.20. The Labute approximate surface area is 104 Å². The molecule has 1 aromatic heterocycles. The van der Waals surface area contributed by atoms with E-state index in [9.17, 15) is 13.6 Å². The van der Waals surface area contributed by atoms with Crippen molar-refractivity contribution in [1.29, 1.82) is 0 Å². The van der Waals surface area contributed by atoms with E-state index in [1.54, 1.807) is 20.8 Å². The first-order chi connectivity index (χ1) is 8.19. The number of esters is 1. The Morgan fingerprint density at radius 3 is 2.72 bits per heavy atom. The van der Waals surface area contributed by atoms with Crippen LogP contribution in [0.1, 0.15) is 48.8 Å². The number of carbonyl (C=O) groups excluding carboxylic acids is 1. The molecule has 0 radical (unpaired) electrons. The molecule has 0 N–H and O–H groups in total. The molecule has 0 saturated carbocycles. The molecule has 98 valence electrons. The van der Waals surface area contributed by atoms with Crippen molar-refractivity contribution in [2.24, 2.45) is 0 Å². The van der Waals surface area contributed by atoms with E-state index in [0.29, 0.717) is 5.69 Å². The molecule has 0 aromatic carbocycles. The van der Waals surface area contributed by atoms with E-state index < -0.39 is 17.5 Å². The highest BCUT2D eigenvalue weighted by Crippen LogP contribution is 2.40. The predicted molar refractivity (Wildman–Crippen MR) is 61.6 cm³/mol. The number of fused-ring (bicyclic) bond motifs is 1. The largest absolute Gasteiger partial charge is 0.456 e. The fourth-order valence-corrected chi connectivity index (χ4v) is 1.87. The number of halogens is 2. The van der Waals surface area contributed by atoms with Crippen molar-refractivity contribution < 1.29 is 18.3 Å². The molecule has 18 heavy (non-hydrogen) atoms. The van der Waals surface area contributed by atoms with E-state index >= 15 is 0 Å². The highest BCUT2D eigenvalue weighted by atomic mass is 19.3. The summed E-state index contributed by atoms with van der Waals surface area (Å²) in [5.74, 6) is -3.51. The third-order valence-electron chi connectivity index (χ3n) is 2.67. The van der Waals surface area contributed by atoms with E-state index in [4.69, 9.17) is 4.74 Å². The molecule has 1 aliphatic rings. The van der Waals surface area contributed by atoms with Gasteiger partial charge in [-0.05, 0) is 33.3 Å². The van der Waals surface area contributed by atoms with E-state index in [0.717, 1.165) is 0 Å². The maximum absolute atomic E-state index is 13.5. The van der Waals surface area contributed by atoms with Crippen LogP contribution in [0.15, 0.2) is 12.3 Å². The highest BCUT2D eigenvalue weighted by molar-refractivity contribution is 5.89. The molecule has 2 rings (SSSR count). The molecule has 1 aliphatic carbocycles. The van der Waals surface area contributed by atoms with Crippen molar-refractivity contribution in [2.45, 2.75) is 45.1 Å². The average Bonchev–Trinajstić information content (AvgIpc) is 2.52. The summed E-state index contributed by atoms with van der Waals surface area (Å²) in [6.07, 6.45) is 1.30. The Morgan fingerprint density at radius 1 is 1.44 bits per heavy atom. The molecule has 0 aliphatic heterocycles. The molecule has 0 unspecified atom stereocenters. The first-order valence-electron chi connectivity index (χ1n) is 5.80. The fourth-order valence-electron chi connectivity index (χ4n) is 1.87. The topological polar surface area (TPSA) is 39.2 Å². The van der Waals surface area contributed by atoms with Gasteiger partial charge in [-0.3, -0.25) is 4.98 Å². The number of carbonyl (C=O) groups is 1. The van der Waals surface area contributed by atoms with Crippen molar-refractivity contribution in [3.8, 4) is 0 Å². The van der Waals surface area contributed by atoms with Crippen LogP contribution in [0.5, 0.6) is 0 Å². The standard InChI is InChI=1S/C13H15F2NO2/c1-12(2,3)18-11(17)8-6-9-10(16-7-8)4-5-13(9,14)15/h6-7H,4-5H2,1-3H3. The van der Waals surface area contributed by atoms with Gasteiger partial charge in [-0.25, -0.2) is 13.6 Å². The summed E-state index contributed by atoms with van der Waals surface area (Å²) in [4.78, 5) is 15.7. The number of aryl methyl sites for hydroxylation is 1. The van der Waals surface area contributed by atoms with Crippen LogP contribution in [0.25, 0.3) is 0 Å². The van der Waals surface area contributed by atoms with Gasteiger partial charge in [0.15, 0.2) is 0 Å². The predicted octanol–water partition coefficient (Wildman–Crippen LogP) is 3.07. The minimum Gasteiger partial charge on any atom is -0.456 e. The fraction of sp³-hybridized carbons (Fsp3) is 0.538. The van der Waals surface area contributed by atoms with Crippen LogP contribution in [0, 0.1) is 0 Å². The van der Waals surface area contributed by atoms with Crippen LogP contribution in [0.3, 0.4) is 0 Å². The van der Waals surface area contributed by atoms with Gasteiger partial charge in [0.1, 0.15) is 5.60 Å². The lowest BCUT2D eigenvalue weighted by Gasteiger charge is -2.19. The maximum atomic E-state index is 13.5. The van der Waals surface area contributed by atoms with Gasteiger partial charge in [0.25, 0.3) is 5.92 Å². The smallest absolute Gasteiger partial charge is 0.340 e. The summed E-state index contributed by atoms with van der Waals surface area (Å²) >= 11 is 0. The minimum absolute atomic E-state index is 0.0743. The zero-order valence-electron chi connectivity index (χ0n) is 10.6. The Hall–Kier alpha value is -1.52. The molecule has 1 aromatic rings. The lowest BCUT2D eigenvalue weighted by molar-refractivity contribution is -0.00220. The Morgan fingerprint density at radius 2 is 2.11 bits per heavy atom. The van der Waals surface area contributed by atoms with Crippen LogP contribution in [0.2, 0.25) is 0 Å². The van der Waals surface area contributed by atoms with E-state index in [1.165, 1.54) is 12.3 Å².